The van der Waals surface area contributed by atoms with Gasteiger partial charge in [-0.1, -0.05) is 18.2 Å². The molecule has 1 aromatic carbocycles. The molecule has 2 rings (SSSR count). The first-order valence-electron chi connectivity index (χ1n) is 5.26. The number of halogens is 2. The predicted octanol–water partition coefficient (Wildman–Crippen LogP) is 3.23. The smallest absolute Gasteiger partial charge is 0.126 e. The molecule has 1 atom stereocenters. The van der Waals surface area contributed by atoms with Crippen molar-refractivity contribution in [3.63, 3.8) is 0 Å². The number of aromatic nitrogens is 1. The minimum atomic E-state index is -0.253. The van der Waals surface area contributed by atoms with E-state index in [0.717, 1.165) is 10.0 Å². The lowest BCUT2D eigenvalue weighted by atomic mass is 10.0. The number of nitrogens with zero attached hydrogens (tertiary/aromatic N) is 1. The van der Waals surface area contributed by atoms with Gasteiger partial charge in [-0.25, -0.2) is 4.39 Å². The van der Waals surface area contributed by atoms with Gasteiger partial charge in [0.15, 0.2) is 0 Å². The van der Waals surface area contributed by atoms with Crippen molar-refractivity contribution in [2.75, 3.05) is 0 Å². The molecular weight excluding hydrogens is 283 g/mol. The zero-order valence-electron chi connectivity index (χ0n) is 9.11. The van der Waals surface area contributed by atoms with E-state index >= 15 is 0 Å². The summed E-state index contributed by atoms with van der Waals surface area (Å²) in [4.78, 5) is 4.05. The van der Waals surface area contributed by atoms with E-state index in [1.54, 1.807) is 24.5 Å². The molecule has 1 aromatic heterocycles. The van der Waals surface area contributed by atoms with Crippen molar-refractivity contribution in [2.24, 2.45) is 5.73 Å². The van der Waals surface area contributed by atoms with Crippen LogP contribution in [-0.4, -0.2) is 4.98 Å². The molecule has 0 fully saturated rings. The molecule has 0 radical (unpaired) electrons. The highest BCUT2D eigenvalue weighted by atomic mass is 79.9. The maximum atomic E-state index is 13.5. The van der Waals surface area contributed by atoms with Crippen molar-refractivity contribution in [1.82, 2.24) is 4.98 Å². The lowest BCUT2D eigenvalue weighted by Crippen LogP contribution is -2.14. The Kier molecular flexibility index (Phi) is 3.86. The highest BCUT2D eigenvalue weighted by molar-refractivity contribution is 9.10. The lowest BCUT2D eigenvalue weighted by Gasteiger charge is -2.12. The van der Waals surface area contributed by atoms with Crippen LogP contribution in [0.3, 0.4) is 0 Å². The number of benzene rings is 1. The van der Waals surface area contributed by atoms with E-state index in [0.29, 0.717) is 12.0 Å². The molecule has 0 amide bonds. The summed E-state index contributed by atoms with van der Waals surface area (Å²) in [6.07, 6.45) is 3.86. The SMILES string of the molecule is NC(Cc1ccccc1F)c1cncc(Br)c1. The van der Waals surface area contributed by atoms with Gasteiger partial charge in [-0.3, -0.25) is 4.98 Å². The van der Waals surface area contributed by atoms with Crippen LogP contribution < -0.4 is 5.73 Å². The summed E-state index contributed by atoms with van der Waals surface area (Å²) in [7, 11) is 0. The van der Waals surface area contributed by atoms with E-state index in [4.69, 9.17) is 5.73 Å². The minimum absolute atomic E-state index is 0.217. The minimum Gasteiger partial charge on any atom is -0.324 e. The molecule has 2 aromatic rings. The Bertz CT molecular complexity index is 516. The third kappa shape index (κ3) is 3.11. The van der Waals surface area contributed by atoms with Gasteiger partial charge in [0, 0.05) is 22.9 Å². The molecule has 0 aliphatic heterocycles. The summed E-state index contributed by atoms with van der Waals surface area (Å²) in [5, 5.41) is 0. The lowest BCUT2D eigenvalue weighted by molar-refractivity contribution is 0.593. The van der Waals surface area contributed by atoms with Gasteiger partial charge in [-0.2, -0.15) is 0 Å². The van der Waals surface area contributed by atoms with Crippen molar-refractivity contribution in [3.8, 4) is 0 Å². The van der Waals surface area contributed by atoms with Gasteiger partial charge in [0.1, 0.15) is 5.82 Å². The van der Waals surface area contributed by atoms with Crippen LogP contribution in [-0.2, 0) is 6.42 Å². The van der Waals surface area contributed by atoms with Crippen molar-refractivity contribution in [1.29, 1.82) is 0 Å². The van der Waals surface area contributed by atoms with Crippen molar-refractivity contribution in [2.45, 2.75) is 12.5 Å². The van der Waals surface area contributed by atoms with Crippen LogP contribution >= 0.6 is 15.9 Å². The van der Waals surface area contributed by atoms with Crippen molar-refractivity contribution in [3.05, 3.63) is 64.1 Å². The third-order valence-corrected chi connectivity index (χ3v) is 2.99. The molecule has 0 bridgehead atoms. The van der Waals surface area contributed by atoms with Crippen LogP contribution in [0, 0.1) is 5.82 Å². The highest BCUT2D eigenvalue weighted by Crippen LogP contribution is 2.19. The number of pyridine rings is 1. The predicted molar refractivity (Wildman–Crippen MR) is 69.0 cm³/mol. The topological polar surface area (TPSA) is 38.9 Å². The zero-order chi connectivity index (χ0) is 12.3. The molecule has 0 aliphatic carbocycles. The molecule has 1 unspecified atom stereocenters. The van der Waals surface area contributed by atoms with Crippen molar-refractivity contribution >= 4 is 15.9 Å². The molecular formula is C13H12BrFN2. The Morgan fingerprint density at radius 2 is 2.06 bits per heavy atom. The maximum Gasteiger partial charge on any atom is 0.126 e. The highest BCUT2D eigenvalue weighted by Gasteiger charge is 2.10. The quantitative estimate of drug-likeness (QED) is 0.944. The number of nitrogens with two attached hydrogens (primary N) is 1. The summed E-state index contributed by atoms with van der Waals surface area (Å²) in [5.41, 5.74) is 7.55. The summed E-state index contributed by atoms with van der Waals surface area (Å²) in [6, 6.07) is 8.33. The standard InChI is InChI=1S/C13H12BrFN2/c14-11-5-10(7-17-8-11)13(16)6-9-3-1-2-4-12(9)15/h1-5,7-8,13H,6,16H2. The van der Waals surface area contributed by atoms with Gasteiger partial charge in [-0.05, 0) is 45.6 Å². The van der Waals surface area contributed by atoms with Crippen LogP contribution in [0.15, 0.2) is 47.2 Å². The summed E-state index contributed by atoms with van der Waals surface area (Å²) in [6.45, 7) is 0. The van der Waals surface area contributed by atoms with E-state index in [-0.39, 0.29) is 11.9 Å². The van der Waals surface area contributed by atoms with E-state index < -0.39 is 0 Å². The van der Waals surface area contributed by atoms with E-state index in [9.17, 15) is 4.39 Å². The van der Waals surface area contributed by atoms with E-state index in [1.807, 2.05) is 12.1 Å². The zero-order valence-corrected chi connectivity index (χ0v) is 10.7. The Morgan fingerprint density at radius 3 is 2.76 bits per heavy atom. The Morgan fingerprint density at radius 1 is 1.29 bits per heavy atom. The average Bonchev–Trinajstić information content (AvgIpc) is 2.32. The maximum absolute atomic E-state index is 13.5. The summed E-state index contributed by atoms with van der Waals surface area (Å²) >= 11 is 3.34. The summed E-state index contributed by atoms with van der Waals surface area (Å²) in [5.74, 6) is -0.217. The Labute approximate surface area is 108 Å². The molecule has 0 aliphatic rings. The first kappa shape index (κ1) is 12.2. The molecule has 17 heavy (non-hydrogen) atoms. The van der Waals surface area contributed by atoms with Crippen LogP contribution in [0.5, 0.6) is 0 Å². The van der Waals surface area contributed by atoms with Gasteiger partial charge in [-0.15, -0.1) is 0 Å². The van der Waals surface area contributed by atoms with Gasteiger partial charge >= 0.3 is 0 Å². The molecule has 88 valence electrons. The van der Waals surface area contributed by atoms with Crippen LogP contribution in [0.2, 0.25) is 0 Å². The second-order valence-corrected chi connectivity index (χ2v) is 4.75. The van der Waals surface area contributed by atoms with Crippen LogP contribution in [0.25, 0.3) is 0 Å². The van der Waals surface area contributed by atoms with Gasteiger partial charge in [0.05, 0.1) is 0 Å². The Hall–Kier alpha value is -1.26. The fraction of sp³-hybridized carbons (Fsp3) is 0.154. The molecule has 0 saturated heterocycles. The van der Waals surface area contributed by atoms with E-state index in [1.165, 1.54) is 6.07 Å². The molecule has 2 N–H and O–H groups in total. The van der Waals surface area contributed by atoms with Gasteiger partial charge in [0.2, 0.25) is 0 Å². The van der Waals surface area contributed by atoms with E-state index in [2.05, 4.69) is 20.9 Å². The average molecular weight is 295 g/mol. The van der Waals surface area contributed by atoms with Crippen LogP contribution in [0.4, 0.5) is 4.39 Å². The fourth-order valence-corrected chi connectivity index (χ4v) is 2.03. The molecule has 1 heterocycles. The second kappa shape index (κ2) is 5.38. The number of hydrogen-bond acceptors (Lipinski definition) is 2. The third-order valence-electron chi connectivity index (χ3n) is 2.55. The number of hydrogen-bond donors (Lipinski definition) is 1. The first-order chi connectivity index (χ1) is 8.16. The van der Waals surface area contributed by atoms with Gasteiger partial charge in [0.25, 0.3) is 0 Å². The Balaban J connectivity index is 2.17. The monoisotopic (exact) mass is 294 g/mol. The molecule has 0 spiro atoms. The molecule has 0 saturated carbocycles. The summed E-state index contributed by atoms with van der Waals surface area (Å²) < 4.78 is 14.3. The first-order valence-corrected chi connectivity index (χ1v) is 6.05. The largest absolute Gasteiger partial charge is 0.324 e. The fourth-order valence-electron chi connectivity index (χ4n) is 1.65. The number of rotatable bonds is 3. The molecule has 2 nitrogen and oxygen atoms in total. The van der Waals surface area contributed by atoms with Gasteiger partial charge < -0.3 is 5.73 Å². The molecule has 4 heteroatoms. The van der Waals surface area contributed by atoms with Crippen molar-refractivity contribution < 1.29 is 4.39 Å². The normalized spacial score (nSPS) is 12.4. The van der Waals surface area contributed by atoms with Crippen LogP contribution in [0.1, 0.15) is 17.2 Å². The second-order valence-electron chi connectivity index (χ2n) is 3.84.